The van der Waals surface area contributed by atoms with Crippen LogP contribution in [0.5, 0.6) is 0 Å². The summed E-state index contributed by atoms with van der Waals surface area (Å²) < 4.78 is 5.15. The zero-order valence-corrected chi connectivity index (χ0v) is 15.5. The van der Waals surface area contributed by atoms with Gasteiger partial charge in [0.15, 0.2) is 0 Å². The monoisotopic (exact) mass is 360 g/mol. The molecule has 5 nitrogen and oxygen atoms in total. The second-order valence-corrected chi connectivity index (χ2v) is 6.75. The summed E-state index contributed by atoms with van der Waals surface area (Å²) in [6.45, 7) is 7.97. The van der Waals surface area contributed by atoms with E-state index in [9.17, 15) is 9.59 Å². The van der Waals surface area contributed by atoms with Crippen LogP contribution in [0.4, 0.5) is 5.00 Å². The highest BCUT2D eigenvalue weighted by Gasteiger charge is 2.24. The summed E-state index contributed by atoms with van der Waals surface area (Å²) in [5.74, 6) is 0.0161. The minimum atomic E-state index is -0.346. The van der Waals surface area contributed by atoms with Crippen molar-refractivity contribution in [3.8, 4) is 0 Å². The van der Waals surface area contributed by atoms with E-state index in [2.05, 4.69) is 10.6 Å². The maximum Gasteiger partial charge on any atom is 0.341 e. The number of nitrogens with one attached hydrogen (secondary N) is 2. The fourth-order valence-corrected chi connectivity index (χ4v) is 3.99. The third kappa shape index (κ3) is 4.93. The van der Waals surface area contributed by atoms with Gasteiger partial charge in [-0.15, -0.1) is 23.7 Å². The van der Waals surface area contributed by atoms with Gasteiger partial charge in [0.25, 0.3) is 0 Å². The Labute approximate surface area is 147 Å². The van der Waals surface area contributed by atoms with Crippen LogP contribution in [0.1, 0.15) is 47.5 Å². The highest BCUT2D eigenvalue weighted by molar-refractivity contribution is 7.16. The van der Waals surface area contributed by atoms with Crippen LogP contribution in [-0.2, 0) is 16.0 Å². The number of carbonyl (C=O) groups is 2. The molecule has 1 saturated heterocycles. The van der Waals surface area contributed by atoms with E-state index in [0.29, 0.717) is 29.5 Å². The number of hydrogen-bond donors (Lipinski definition) is 2. The molecule has 1 aromatic heterocycles. The molecule has 1 amide bonds. The van der Waals surface area contributed by atoms with Crippen molar-refractivity contribution >= 4 is 40.6 Å². The van der Waals surface area contributed by atoms with Crippen molar-refractivity contribution in [3.63, 3.8) is 0 Å². The average molecular weight is 361 g/mol. The van der Waals surface area contributed by atoms with Crippen molar-refractivity contribution in [2.24, 2.45) is 5.92 Å². The number of anilines is 1. The second-order valence-electron chi connectivity index (χ2n) is 5.53. The van der Waals surface area contributed by atoms with Gasteiger partial charge in [0, 0.05) is 11.3 Å². The molecule has 23 heavy (non-hydrogen) atoms. The van der Waals surface area contributed by atoms with Gasteiger partial charge < -0.3 is 15.4 Å². The van der Waals surface area contributed by atoms with Crippen LogP contribution in [-0.4, -0.2) is 31.6 Å². The van der Waals surface area contributed by atoms with E-state index < -0.39 is 0 Å². The molecular formula is C16H25ClN2O3S. The number of aryl methyl sites for hydroxylation is 1. The Morgan fingerprint density at radius 1 is 1.39 bits per heavy atom. The molecule has 1 aliphatic heterocycles. The van der Waals surface area contributed by atoms with Gasteiger partial charge in [-0.05, 0) is 51.3 Å². The van der Waals surface area contributed by atoms with Crippen LogP contribution in [0.25, 0.3) is 0 Å². The predicted molar refractivity (Wildman–Crippen MR) is 95.9 cm³/mol. The second kappa shape index (κ2) is 9.25. The first-order valence-corrected chi connectivity index (χ1v) is 8.68. The van der Waals surface area contributed by atoms with Gasteiger partial charge in [0.05, 0.1) is 12.2 Å². The van der Waals surface area contributed by atoms with Crippen molar-refractivity contribution in [1.82, 2.24) is 5.32 Å². The summed E-state index contributed by atoms with van der Waals surface area (Å²) in [5, 5.41) is 6.81. The SMILES string of the molecule is CCOC(=O)c1c(NC(=O)CC2CCNC2)sc(C)c1CC.Cl. The maximum absolute atomic E-state index is 12.2. The van der Waals surface area contributed by atoms with Crippen molar-refractivity contribution < 1.29 is 14.3 Å². The van der Waals surface area contributed by atoms with Crippen LogP contribution >= 0.6 is 23.7 Å². The molecule has 0 bridgehead atoms. The number of carbonyl (C=O) groups excluding carboxylic acids is 2. The molecule has 0 saturated carbocycles. The molecule has 1 unspecified atom stereocenters. The van der Waals surface area contributed by atoms with Gasteiger partial charge in [0.2, 0.25) is 5.91 Å². The number of esters is 1. The normalized spacial score (nSPS) is 16.7. The molecule has 1 aromatic rings. The van der Waals surface area contributed by atoms with Crippen LogP contribution in [0.2, 0.25) is 0 Å². The van der Waals surface area contributed by atoms with Gasteiger partial charge in [-0.3, -0.25) is 4.79 Å². The molecule has 1 aliphatic rings. The minimum Gasteiger partial charge on any atom is -0.462 e. The Morgan fingerprint density at radius 3 is 2.70 bits per heavy atom. The zero-order valence-electron chi connectivity index (χ0n) is 13.9. The number of ether oxygens (including phenoxy) is 1. The largest absolute Gasteiger partial charge is 0.462 e. The number of rotatable bonds is 6. The molecule has 2 N–H and O–H groups in total. The molecule has 1 fully saturated rings. The number of halogens is 1. The third-order valence-corrected chi connectivity index (χ3v) is 4.99. The molecule has 0 aromatic carbocycles. The summed E-state index contributed by atoms with van der Waals surface area (Å²) >= 11 is 1.46. The van der Waals surface area contributed by atoms with Crippen LogP contribution in [0.3, 0.4) is 0 Å². The molecule has 0 spiro atoms. The molecule has 2 rings (SSSR count). The Balaban J connectivity index is 0.00000264. The van der Waals surface area contributed by atoms with Gasteiger partial charge in [-0.25, -0.2) is 4.79 Å². The van der Waals surface area contributed by atoms with E-state index in [4.69, 9.17) is 4.74 Å². The lowest BCUT2D eigenvalue weighted by Crippen LogP contribution is -2.19. The first kappa shape index (κ1) is 19.9. The standard InChI is InChI=1S/C16H24N2O3S.ClH/c1-4-12-10(3)22-15(14(12)16(20)21-5-2)18-13(19)8-11-6-7-17-9-11;/h11,17H,4-9H2,1-3H3,(H,18,19);1H. The average Bonchev–Trinajstić information content (AvgIpc) is 3.06. The van der Waals surface area contributed by atoms with E-state index in [1.165, 1.54) is 11.3 Å². The van der Waals surface area contributed by atoms with Gasteiger partial charge in [-0.1, -0.05) is 6.92 Å². The summed E-state index contributed by atoms with van der Waals surface area (Å²) in [5.41, 5.74) is 1.51. The highest BCUT2D eigenvalue weighted by Crippen LogP contribution is 2.34. The van der Waals surface area contributed by atoms with E-state index >= 15 is 0 Å². The summed E-state index contributed by atoms with van der Waals surface area (Å²) in [6.07, 6.45) is 2.27. The quantitative estimate of drug-likeness (QED) is 0.765. The van der Waals surface area contributed by atoms with E-state index in [0.717, 1.165) is 36.4 Å². The minimum absolute atomic E-state index is 0. The Kier molecular flexibility index (Phi) is 8.02. The smallest absolute Gasteiger partial charge is 0.341 e. The third-order valence-electron chi connectivity index (χ3n) is 3.93. The van der Waals surface area contributed by atoms with Crippen molar-refractivity contribution in [2.45, 2.75) is 40.0 Å². The molecule has 2 heterocycles. The Hall–Kier alpha value is -1.11. The van der Waals surface area contributed by atoms with Crippen LogP contribution in [0, 0.1) is 12.8 Å². The van der Waals surface area contributed by atoms with Crippen LogP contribution < -0.4 is 10.6 Å². The lowest BCUT2D eigenvalue weighted by atomic mass is 10.0. The van der Waals surface area contributed by atoms with Crippen molar-refractivity contribution in [3.05, 3.63) is 16.0 Å². The van der Waals surface area contributed by atoms with Gasteiger partial charge in [0.1, 0.15) is 5.00 Å². The first-order valence-electron chi connectivity index (χ1n) is 7.86. The molecule has 0 radical (unpaired) electrons. The molecule has 0 aliphatic carbocycles. The number of thiophene rings is 1. The van der Waals surface area contributed by atoms with Crippen LogP contribution in [0.15, 0.2) is 0 Å². The number of amides is 1. The molecular weight excluding hydrogens is 336 g/mol. The van der Waals surface area contributed by atoms with Gasteiger partial charge in [-0.2, -0.15) is 0 Å². The molecule has 130 valence electrons. The molecule has 1 atom stereocenters. The maximum atomic E-state index is 12.2. The highest BCUT2D eigenvalue weighted by atomic mass is 35.5. The molecule has 7 heteroatoms. The fraction of sp³-hybridized carbons (Fsp3) is 0.625. The van der Waals surface area contributed by atoms with E-state index in [1.807, 2.05) is 13.8 Å². The Bertz CT molecular complexity index is 554. The lowest BCUT2D eigenvalue weighted by molar-refractivity contribution is -0.116. The van der Waals surface area contributed by atoms with Crippen molar-refractivity contribution in [1.29, 1.82) is 0 Å². The number of hydrogen-bond acceptors (Lipinski definition) is 5. The summed E-state index contributed by atoms with van der Waals surface area (Å²) in [6, 6.07) is 0. The summed E-state index contributed by atoms with van der Waals surface area (Å²) in [7, 11) is 0. The Morgan fingerprint density at radius 2 is 2.13 bits per heavy atom. The lowest BCUT2D eigenvalue weighted by Gasteiger charge is -2.10. The topological polar surface area (TPSA) is 67.4 Å². The van der Waals surface area contributed by atoms with E-state index in [-0.39, 0.29) is 24.3 Å². The fourth-order valence-electron chi connectivity index (χ4n) is 2.84. The van der Waals surface area contributed by atoms with E-state index in [1.54, 1.807) is 6.92 Å². The predicted octanol–water partition coefficient (Wildman–Crippen LogP) is 3.16. The zero-order chi connectivity index (χ0) is 16.1. The first-order chi connectivity index (χ1) is 10.6. The van der Waals surface area contributed by atoms with Crippen molar-refractivity contribution in [2.75, 3.05) is 25.0 Å². The summed E-state index contributed by atoms with van der Waals surface area (Å²) in [4.78, 5) is 25.5. The van der Waals surface area contributed by atoms with Gasteiger partial charge >= 0.3 is 5.97 Å².